The molecule has 2 heterocycles. The van der Waals surface area contributed by atoms with E-state index in [0.717, 1.165) is 24.6 Å². The van der Waals surface area contributed by atoms with E-state index in [9.17, 15) is 0 Å². The molecule has 3 nitrogen and oxygen atoms in total. The number of nitrogens with one attached hydrogen (secondary N) is 1. The molecule has 0 spiro atoms. The van der Waals surface area contributed by atoms with E-state index in [1.54, 1.807) is 11.3 Å². The third kappa shape index (κ3) is 3.00. The maximum absolute atomic E-state index is 4.63. The van der Waals surface area contributed by atoms with Crippen LogP contribution in [0.3, 0.4) is 0 Å². The fraction of sp³-hybridized carbons (Fsp3) is 0.533. The van der Waals surface area contributed by atoms with E-state index in [0.29, 0.717) is 6.04 Å². The highest BCUT2D eigenvalue weighted by Gasteiger charge is 2.19. The Hall–Kier alpha value is -1.29. The molecule has 1 aliphatic rings. The summed E-state index contributed by atoms with van der Waals surface area (Å²) in [4.78, 5) is 4.63. The minimum Gasteiger partial charge on any atom is -0.355 e. The molecule has 4 heteroatoms. The van der Waals surface area contributed by atoms with Crippen LogP contribution >= 0.6 is 11.3 Å². The molecule has 19 heavy (non-hydrogen) atoms. The Balaban J connectivity index is 1.63. The van der Waals surface area contributed by atoms with Crippen LogP contribution in [0.2, 0.25) is 0 Å². The van der Waals surface area contributed by atoms with E-state index in [1.165, 1.54) is 31.2 Å². The molecule has 0 unspecified atom stereocenters. The van der Waals surface area contributed by atoms with Gasteiger partial charge < -0.3 is 9.88 Å². The van der Waals surface area contributed by atoms with Gasteiger partial charge in [-0.1, -0.05) is 12.8 Å². The predicted molar refractivity (Wildman–Crippen MR) is 81.0 cm³/mol. The zero-order valence-corrected chi connectivity index (χ0v) is 12.2. The Kier molecular flexibility index (Phi) is 3.87. The summed E-state index contributed by atoms with van der Waals surface area (Å²) in [6, 6.07) is 2.85. The van der Waals surface area contributed by atoms with Crippen LogP contribution in [0.4, 0.5) is 5.95 Å². The van der Waals surface area contributed by atoms with E-state index in [1.807, 2.05) is 0 Å². The van der Waals surface area contributed by atoms with Gasteiger partial charge in [-0.05, 0) is 48.6 Å². The molecule has 1 fully saturated rings. The van der Waals surface area contributed by atoms with Gasteiger partial charge in [-0.15, -0.1) is 0 Å². The van der Waals surface area contributed by atoms with Crippen molar-refractivity contribution in [3.8, 4) is 0 Å². The van der Waals surface area contributed by atoms with Crippen molar-refractivity contribution in [3.63, 3.8) is 0 Å². The highest BCUT2D eigenvalue weighted by molar-refractivity contribution is 7.07. The van der Waals surface area contributed by atoms with Crippen LogP contribution in [0.15, 0.2) is 23.0 Å². The maximum atomic E-state index is 4.63. The van der Waals surface area contributed by atoms with E-state index in [-0.39, 0.29) is 0 Å². The molecule has 0 aromatic carbocycles. The van der Waals surface area contributed by atoms with Gasteiger partial charge in [0.1, 0.15) is 0 Å². The normalized spacial score (nSPS) is 16.1. The van der Waals surface area contributed by atoms with E-state index < -0.39 is 0 Å². The van der Waals surface area contributed by atoms with Crippen molar-refractivity contribution in [1.82, 2.24) is 9.55 Å². The maximum Gasteiger partial charge on any atom is 0.203 e. The molecule has 0 aliphatic heterocycles. The number of aryl methyl sites for hydroxylation is 1. The average molecular weight is 275 g/mol. The van der Waals surface area contributed by atoms with Crippen molar-refractivity contribution in [3.05, 3.63) is 34.3 Å². The zero-order valence-electron chi connectivity index (χ0n) is 11.4. The van der Waals surface area contributed by atoms with Gasteiger partial charge in [-0.25, -0.2) is 4.98 Å². The van der Waals surface area contributed by atoms with Gasteiger partial charge >= 0.3 is 0 Å². The number of thiophene rings is 1. The van der Waals surface area contributed by atoms with E-state index in [4.69, 9.17) is 0 Å². The molecule has 0 atom stereocenters. The molecule has 2 aromatic rings. The highest BCUT2D eigenvalue weighted by atomic mass is 32.1. The molecule has 0 radical (unpaired) electrons. The lowest BCUT2D eigenvalue weighted by Gasteiger charge is -2.15. The summed E-state index contributed by atoms with van der Waals surface area (Å²) in [7, 11) is 0. The molecule has 1 aliphatic carbocycles. The molecule has 1 N–H and O–H groups in total. The first-order valence-electron chi connectivity index (χ1n) is 7.13. The summed E-state index contributed by atoms with van der Waals surface area (Å²) >= 11 is 1.76. The summed E-state index contributed by atoms with van der Waals surface area (Å²) in [5.41, 5.74) is 2.53. The van der Waals surface area contributed by atoms with Gasteiger partial charge in [0.05, 0.1) is 5.69 Å². The van der Waals surface area contributed by atoms with Crippen molar-refractivity contribution in [2.45, 2.75) is 45.1 Å². The lowest BCUT2D eigenvalue weighted by molar-refractivity contribution is 0.522. The van der Waals surface area contributed by atoms with Gasteiger partial charge in [0.25, 0.3) is 0 Å². The molecule has 2 aromatic heterocycles. The fourth-order valence-corrected chi connectivity index (χ4v) is 3.56. The fourth-order valence-electron chi connectivity index (χ4n) is 2.86. The van der Waals surface area contributed by atoms with Crippen LogP contribution in [0.5, 0.6) is 0 Å². The summed E-state index contributed by atoms with van der Waals surface area (Å²) in [5.74, 6) is 1.06. The van der Waals surface area contributed by atoms with Crippen molar-refractivity contribution in [1.29, 1.82) is 0 Å². The molecular weight excluding hydrogens is 254 g/mol. The lowest BCUT2D eigenvalue weighted by Crippen LogP contribution is -2.12. The van der Waals surface area contributed by atoms with Crippen LogP contribution in [0.1, 0.15) is 43.0 Å². The standard InChI is InChI=1S/C15H21N3S/c1-12-10-18(14-4-2-3-5-14)15(17-12)16-8-6-13-7-9-19-11-13/h7,9-11,14H,2-6,8H2,1H3,(H,16,17). The van der Waals surface area contributed by atoms with Crippen molar-refractivity contribution in [2.24, 2.45) is 0 Å². The van der Waals surface area contributed by atoms with Crippen molar-refractivity contribution in [2.75, 3.05) is 11.9 Å². The average Bonchev–Trinajstić information content (AvgIpc) is 3.09. The topological polar surface area (TPSA) is 29.9 Å². The van der Waals surface area contributed by atoms with Crippen molar-refractivity contribution >= 4 is 17.3 Å². The van der Waals surface area contributed by atoms with Gasteiger partial charge in [0.15, 0.2) is 0 Å². The van der Waals surface area contributed by atoms with Gasteiger partial charge in [-0.3, -0.25) is 0 Å². The lowest BCUT2D eigenvalue weighted by atomic mass is 10.2. The Morgan fingerprint density at radius 1 is 1.42 bits per heavy atom. The monoisotopic (exact) mass is 275 g/mol. The minimum atomic E-state index is 0.657. The summed E-state index contributed by atoms with van der Waals surface area (Å²) in [6.07, 6.45) is 8.58. The van der Waals surface area contributed by atoms with E-state index >= 15 is 0 Å². The first kappa shape index (κ1) is 12.7. The van der Waals surface area contributed by atoms with Crippen LogP contribution < -0.4 is 5.32 Å². The third-order valence-electron chi connectivity index (χ3n) is 3.85. The predicted octanol–water partition coefficient (Wildman–Crippen LogP) is 4.02. The Bertz CT molecular complexity index is 509. The first-order valence-corrected chi connectivity index (χ1v) is 8.07. The number of aromatic nitrogens is 2. The van der Waals surface area contributed by atoms with Gasteiger partial charge in [0, 0.05) is 18.8 Å². The highest BCUT2D eigenvalue weighted by Crippen LogP contribution is 2.32. The number of nitrogens with zero attached hydrogens (tertiary/aromatic N) is 2. The number of hydrogen-bond acceptors (Lipinski definition) is 3. The van der Waals surface area contributed by atoms with Crippen LogP contribution in [-0.4, -0.2) is 16.1 Å². The Morgan fingerprint density at radius 2 is 2.26 bits per heavy atom. The van der Waals surface area contributed by atoms with Crippen LogP contribution in [-0.2, 0) is 6.42 Å². The molecule has 1 saturated carbocycles. The van der Waals surface area contributed by atoms with Crippen LogP contribution in [0.25, 0.3) is 0 Å². The quantitative estimate of drug-likeness (QED) is 0.893. The molecule has 102 valence electrons. The summed E-state index contributed by atoms with van der Waals surface area (Å²) in [5, 5.41) is 7.86. The summed E-state index contributed by atoms with van der Waals surface area (Å²) < 4.78 is 2.36. The first-order chi connectivity index (χ1) is 9.33. The second-order valence-corrected chi connectivity index (χ2v) is 6.14. The van der Waals surface area contributed by atoms with E-state index in [2.05, 4.69) is 44.8 Å². The SMILES string of the molecule is Cc1cn(C2CCCC2)c(NCCc2ccsc2)n1. The molecule has 0 bridgehead atoms. The number of imidazole rings is 1. The zero-order chi connectivity index (χ0) is 13.1. The van der Waals surface area contributed by atoms with Crippen molar-refractivity contribution < 1.29 is 0 Å². The molecule has 0 amide bonds. The molecule has 3 rings (SSSR count). The van der Waals surface area contributed by atoms with Crippen LogP contribution in [0, 0.1) is 6.92 Å². The second kappa shape index (κ2) is 5.78. The minimum absolute atomic E-state index is 0.657. The third-order valence-corrected chi connectivity index (χ3v) is 4.58. The Morgan fingerprint density at radius 3 is 3.00 bits per heavy atom. The van der Waals surface area contributed by atoms with Gasteiger partial charge in [-0.2, -0.15) is 11.3 Å². The smallest absolute Gasteiger partial charge is 0.203 e. The number of rotatable bonds is 5. The Labute approximate surface area is 118 Å². The summed E-state index contributed by atoms with van der Waals surface area (Å²) in [6.45, 7) is 3.04. The number of hydrogen-bond donors (Lipinski definition) is 1. The molecular formula is C15H21N3S. The molecule has 0 saturated heterocycles. The second-order valence-electron chi connectivity index (χ2n) is 5.36. The largest absolute Gasteiger partial charge is 0.355 e. The number of anilines is 1. The van der Waals surface area contributed by atoms with Gasteiger partial charge in [0.2, 0.25) is 5.95 Å².